The molecule has 2 N–H and O–H groups in total. The second-order valence-electron chi connectivity index (χ2n) is 7.17. The van der Waals surface area contributed by atoms with Gasteiger partial charge in [0.05, 0.1) is 16.0 Å². The highest BCUT2D eigenvalue weighted by molar-refractivity contribution is 6.35. The van der Waals surface area contributed by atoms with Crippen molar-refractivity contribution in [3.63, 3.8) is 0 Å². The van der Waals surface area contributed by atoms with Crippen molar-refractivity contribution in [1.29, 1.82) is 0 Å². The molecule has 0 atom stereocenters. The van der Waals surface area contributed by atoms with Crippen molar-refractivity contribution in [3.8, 4) is 11.5 Å². The van der Waals surface area contributed by atoms with Crippen LogP contribution in [0.25, 0.3) is 11.0 Å². The van der Waals surface area contributed by atoms with Crippen LogP contribution in [-0.4, -0.2) is 27.3 Å². The van der Waals surface area contributed by atoms with Crippen molar-refractivity contribution in [3.05, 3.63) is 77.2 Å². The lowest BCUT2D eigenvalue weighted by atomic mass is 10.0. The highest BCUT2D eigenvalue weighted by atomic mass is 35.5. The Bertz CT molecular complexity index is 1190. The number of carbonyl (C=O) groups excluding carboxylic acids is 1. The van der Waals surface area contributed by atoms with Crippen molar-refractivity contribution in [2.75, 3.05) is 11.9 Å². The molecule has 0 unspecified atom stereocenters. The fourth-order valence-electron chi connectivity index (χ4n) is 3.37. The molecule has 31 heavy (non-hydrogen) atoms. The lowest BCUT2D eigenvalue weighted by Gasteiger charge is -2.10. The fraction of sp³-hybridized carbons (Fsp3) is 0.208. The molecule has 0 aliphatic carbocycles. The van der Waals surface area contributed by atoms with E-state index in [4.69, 9.17) is 16.3 Å². The number of H-pyrrole nitrogens is 1. The van der Waals surface area contributed by atoms with Gasteiger partial charge in [-0.3, -0.25) is 4.79 Å². The Hall–Kier alpha value is -3.38. The number of hydrogen-bond acceptors (Lipinski definition) is 5. The molecule has 0 saturated carbocycles. The number of benzene rings is 2. The largest absolute Gasteiger partial charge is 0.457 e. The molecule has 6 nitrogen and oxygen atoms in total. The molecule has 0 radical (unpaired) electrons. The first kappa shape index (κ1) is 20.9. The third kappa shape index (κ3) is 4.70. The van der Waals surface area contributed by atoms with E-state index >= 15 is 0 Å². The van der Waals surface area contributed by atoms with Crippen LogP contribution in [0.3, 0.4) is 0 Å². The summed E-state index contributed by atoms with van der Waals surface area (Å²) in [5.74, 6) is 1.71. The number of para-hydroxylation sites is 1. The van der Waals surface area contributed by atoms with Gasteiger partial charge in [-0.2, -0.15) is 0 Å². The number of anilines is 1. The van der Waals surface area contributed by atoms with E-state index in [0.29, 0.717) is 44.5 Å². The number of hydrogen-bond donors (Lipinski definition) is 2. The van der Waals surface area contributed by atoms with E-state index in [1.54, 1.807) is 24.4 Å². The van der Waals surface area contributed by atoms with Gasteiger partial charge >= 0.3 is 0 Å². The zero-order chi connectivity index (χ0) is 21.6. The van der Waals surface area contributed by atoms with Crippen LogP contribution in [0.2, 0.25) is 5.02 Å². The molecule has 7 heteroatoms. The molecule has 2 aromatic carbocycles. The number of rotatable bonds is 9. The van der Waals surface area contributed by atoms with Gasteiger partial charge in [-0.25, -0.2) is 9.97 Å². The molecule has 4 rings (SSSR count). The van der Waals surface area contributed by atoms with Gasteiger partial charge in [0.15, 0.2) is 5.78 Å². The zero-order valence-corrected chi connectivity index (χ0v) is 17.9. The molecular weight excluding hydrogens is 412 g/mol. The number of aromatic nitrogens is 3. The third-order valence-electron chi connectivity index (χ3n) is 4.95. The van der Waals surface area contributed by atoms with Crippen LogP contribution in [0.5, 0.6) is 11.5 Å². The maximum atomic E-state index is 13.3. The summed E-state index contributed by atoms with van der Waals surface area (Å²) in [6.07, 6.45) is 6.44. The SMILES string of the molecule is CCCCCNc1ncnc2[nH]cc(C(=O)c3ccc(Oc4ccccc4)cc3Cl)c12. The highest BCUT2D eigenvalue weighted by Gasteiger charge is 2.20. The lowest BCUT2D eigenvalue weighted by Crippen LogP contribution is -2.07. The maximum Gasteiger partial charge on any atom is 0.196 e. The number of ketones is 1. The minimum atomic E-state index is -0.200. The Balaban J connectivity index is 1.60. The van der Waals surface area contributed by atoms with Gasteiger partial charge in [-0.15, -0.1) is 0 Å². The summed E-state index contributed by atoms with van der Waals surface area (Å²) in [4.78, 5) is 25.0. The van der Waals surface area contributed by atoms with Gasteiger partial charge in [0.25, 0.3) is 0 Å². The Kier molecular flexibility index (Phi) is 6.48. The van der Waals surface area contributed by atoms with E-state index in [0.717, 1.165) is 25.8 Å². The number of fused-ring (bicyclic) bond motifs is 1. The normalized spacial score (nSPS) is 10.9. The Morgan fingerprint density at radius 3 is 2.68 bits per heavy atom. The smallest absolute Gasteiger partial charge is 0.196 e. The molecule has 158 valence electrons. The fourth-order valence-corrected chi connectivity index (χ4v) is 3.63. The highest BCUT2D eigenvalue weighted by Crippen LogP contribution is 2.31. The molecule has 0 saturated heterocycles. The van der Waals surface area contributed by atoms with Crippen LogP contribution in [0.15, 0.2) is 61.1 Å². The van der Waals surface area contributed by atoms with Gasteiger partial charge in [-0.1, -0.05) is 49.6 Å². The maximum absolute atomic E-state index is 13.3. The van der Waals surface area contributed by atoms with Crippen molar-refractivity contribution >= 4 is 34.2 Å². The summed E-state index contributed by atoms with van der Waals surface area (Å²) < 4.78 is 5.81. The summed E-state index contributed by atoms with van der Waals surface area (Å²) in [6.45, 7) is 2.94. The van der Waals surface area contributed by atoms with E-state index in [1.807, 2.05) is 30.3 Å². The molecule has 2 heterocycles. The van der Waals surface area contributed by atoms with Crippen LogP contribution in [0, 0.1) is 0 Å². The first-order valence-corrected chi connectivity index (χ1v) is 10.7. The lowest BCUT2D eigenvalue weighted by molar-refractivity contribution is 0.104. The summed E-state index contributed by atoms with van der Waals surface area (Å²) in [5.41, 5.74) is 1.48. The standard InChI is InChI=1S/C24H23ClN4O2/c1-2-3-7-12-26-23-21-19(14-27-24(21)29-15-28-23)22(30)18-11-10-17(13-20(18)25)31-16-8-5-4-6-9-16/h4-6,8-11,13-15H,2-3,7,12H2,1H3,(H2,26,27,28,29). The number of carbonyl (C=O) groups is 1. The molecule has 0 bridgehead atoms. The minimum Gasteiger partial charge on any atom is -0.457 e. The molecular formula is C24H23ClN4O2. The van der Waals surface area contributed by atoms with Crippen LogP contribution < -0.4 is 10.1 Å². The number of ether oxygens (including phenoxy) is 1. The van der Waals surface area contributed by atoms with Gasteiger partial charge in [-0.05, 0) is 30.7 Å². The van der Waals surface area contributed by atoms with Gasteiger partial charge < -0.3 is 15.0 Å². The first-order valence-electron chi connectivity index (χ1n) is 10.3. The van der Waals surface area contributed by atoms with Crippen LogP contribution in [0.1, 0.15) is 42.1 Å². The molecule has 0 spiro atoms. The number of nitrogens with one attached hydrogen (secondary N) is 2. The van der Waals surface area contributed by atoms with Crippen molar-refractivity contribution in [2.45, 2.75) is 26.2 Å². The number of unbranched alkanes of at least 4 members (excludes halogenated alkanes) is 2. The van der Waals surface area contributed by atoms with E-state index in [1.165, 1.54) is 6.33 Å². The molecule has 0 fully saturated rings. The average Bonchev–Trinajstić information content (AvgIpc) is 3.22. The van der Waals surface area contributed by atoms with E-state index in [-0.39, 0.29) is 5.78 Å². The van der Waals surface area contributed by atoms with Crippen LogP contribution in [-0.2, 0) is 0 Å². The molecule has 2 aromatic heterocycles. The summed E-state index contributed by atoms with van der Waals surface area (Å²) in [6, 6.07) is 14.5. The third-order valence-corrected chi connectivity index (χ3v) is 5.26. The van der Waals surface area contributed by atoms with Crippen LogP contribution >= 0.6 is 11.6 Å². The van der Waals surface area contributed by atoms with E-state index in [9.17, 15) is 4.79 Å². The van der Waals surface area contributed by atoms with Gasteiger partial charge in [0, 0.05) is 24.4 Å². The second kappa shape index (κ2) is 9.62. The zero-order valence-electron chi connectivity index (χ0n) is 17.2. The summed E-state index contributed by atoms with van der Waals surface area (Å²) >= 11 is 6.46. The average molecular weight is 435 g/mol. The van der Waals surface area contributed by atoms with Crippen molar-refractivity contribution < 1.29 is 9.53 Å². The van der Waals surface area contributed by atoms with Crippen molar-refractivity contribution in [1.82, 2.24) is 15.0 Å². The van der Waals surface area contributed by atoms with Crippen LogP contribution in [0.4, 0.5) is 5.82 Å². The monoisotopic (exact) mass is 434 g/mol. The predicted octanol–water partition coefficient (Wildman–Crippen LogP) is 6.24. The second-order valence-corrected chi connectivity index (χ2v) is 7.58. The molecule has 0 aliphatic rings. The molecule has 0 aliphatic heterocycles. The Morgan fingerprint density at radius 1 is 1.06 bits per heavy atom. The van der Waals surface area contributed by atoms with E-state index in [2.05, 4.69) is 27.2 Å². The van der Waals surface area contributed by atoms with Gasteiger partial charge in [0.2, 0.25) is 0 Å². The summed E-state index contributed by atoms with van der Waals surface area (Å²) in [5, 5.41) is 4.32. The van der Waals surface area contributed by atoms with Gasteiger partial charge in [0.1, 0.15) is 29.3 Å². The molecule has 0 amide bonds. The number of nitrogens with zero attached hydrogens (tertiary/aromatic N) is 2. The minimum absolute atomic E-state index is 0.200. The summed E-state index contributed by atoms with van der Waals surface area (Å²) in [7, 11) is 0. The molecule has 4 aromatic rings. The quantitative estimate of drug-likeness (QED) is 0.241. The predicted molar refractivity (Wildman–Crippen MR) is 123 cm³/mol. The Morgan fingerprint density at radius 2 is 1.90 bits per heavy atom. The van der Waals surface area contributed by atoms with Crippen molar-refractivity contribution in [2.24, 2.45) is 0 Å². The number of aromatic amines is 1. The topological polar surface area (TPSA) is 79.9 Å². The number of halogens is 1. The Labute approximate surface area is 185 Å². The first-order chi connectivity index (χ1) is 15.2. The van der Waals surface area contributed by atoms with E-state index < -0.39 is 0 Å².